The number of rotatable bonds is 5. The first-order chi connectivity index (χ1) is 15.4. The molecule has 8 nitrogen and oxygen atoms in total. The largest absolute Gasteiger partial charge is 0.444 e. The molecule has 9 heteroatoms. The number of halogens is 1. The second-order valence-corrected chi connectivity index (χ2v) is 7.44. The summed E-state index contributed by atoms with van der Waals surface area (Å²) in [5.41, 5.74) is 3.59. The first kappa shape index (κ1) is 21.2. The summed E-state index contributed by atoms with van der Waals surface area (Å²) in [6.07, 6.45) is 5.18. The summed E-state index contributed by atoms with van der Waals surface area (Å²) < 4.78 is 18.4. The minimum absolute atomic E-state index is 0.0585. The number of anilines is 1. The van der Waals surface area contributed by atoms with E-state index in [1.165, 1.54) is 30.2 Å². The van der Waals surface area contributed by atoms with Crippen LogP contribution in [0.15, 0.2) is 48.8 Å². The van der Waals surface area contributed by atoms with Gasteiger partial charge >= 0.3 is 6.09 Å². The van der Waals surface area contributed by atoms with Crippen LogP contribution in [-0.2, 0) is 20.9 Å². The van der Waals surface area contributed by atoms with Crippen LogP contribution in [0.1, 0.15) is 24.5 Å². The molecule has 2 aromatic heterocycles. The van der Waals surface area contributed by atoms with E-state index in [-0.39, 0.29) is 6.61 Å². The monoisotopic (exact) mass is 436 g/mol. The van der Waals surface area contributed by atoms with Gasteiger partial charge in [-0.1, -0.05) is 18.2 Å². The number of carbonyl (C=O) groups excluding carboxylic acids is 3. The third kappa shape index (κ3) is 4.66. The maximum absolute atomic E-state index is 13.2. The highest BCUT2D eigenvalue weighted by atomic mass is 19.1. The molecule has 1 aliphatic rings. The molecule has 32 heavy (non-hydrogen) atoms. The first-order valence-electron chi connectivity index (χ1n) is 10.1. The quantitative estimate of drug-likeness (QED) is 0.594. The predicted octanol–water partition coefficient (Wildman–Crippen LogP) is 3.66. The van der Waals surface area contributed by atoms with Crippen molar-refractivity contribution in [2.75, 3.05) is 18.4 Å². The van der Waals surface area contributed by atoms with Gasteiger partial charge in [-0.15, -0.1) is 0 Å². The summed E-state index contributed by atoms with van der Waals surface area (Å²) in [5, 5.41) is 3.44. The van der Waals surface area contributed by atoms with Gasteiger partial charge in [0.25, 0.3) is 5.91 Å². The van der Waals surface area contributed by atoms with E-state index in [0.29, 0.717) is 36.4 Å². The highest BCUT2D eigenvalue weighted by molar-refractivity contribution is 6.35. The average molecular weight is 436 g/mol. The number of aromatic amines is 1. The number of hydrogen-bond acceptors (Lipinski definition) is 5. The van der Waals surface area contributed by atoms with E-state index in [1.807, 2.05) is 12.3 Å². The molecule has 1 aliphatic heterocycles. The van der Waals surface area contributed by atoms with Crippen molar-refractivity contribution in [3.05, 3.63) is 65.7 Å². The Morgan fingerprint density at radius 2 is 2.12 bits per heavy atom. The van der Waals surface area contributed by atoms with Gasteiger partial charge in [-0.3, -0.25) is 14.9 Å². The van der Waals surface area contributed by atoms with Crippen LogP contribution >= 0.6 is 0 Å². The van der Waals surface area contributed by atoms with Gasteiger partial charge < -0.3 is 14.6 Å². The molecule has 0 atom stereocenters. The smallest absolute Gasteiger partial charge is 0.412 e. The molecule has 0 unspecified atom stereocenters. The Hall–Kier alpha value is -4.01. The Morgan fingerprint density at radius 3 is 2.84 bits per heavy atom. The van der Waals surface area contributed by atoms with Crippen molar-refractivity contribution >= 4 is 40.1 Å². The zero-order valence-corrected chi connectivity index (χ0v) is 17.4. The van der Waals surface area contributed by atoms with Crippen molar-refractivity contribution in [2.24, 2.45) is 0 Å². The van der Waals surface area contributed by atoms with Crippen molar-refractivity contribution in [2.45, 2.75) is 20.0 Å². The lowest BCUT2D eigenvalue weighted by atomic mass is 9.99. The van der Waals surface area contributed by atoms with E-state index in [4.69, 9.17) is 4.74 Å². The van der Waals surface area contributed by atoms with Crippen LogP contribution in [0.2, 0.25) is 0 Å². The van der Waals surface area contributed by atoms with E-state index in [1.54, 1.807) is 18.2 Å². The number of ether oxygens (including phenoxy) is 1. The maximum Gasteiger partial charge on any atom is 0.412 e. The van der Waals surface area contributed by atoms with Crippen molar-refractivity contribution in [1.29, 1.82) is 0 Å². The number of Topliss-reactive ketones (excluding diaryl/α,β-unsaturated/α-hetero) is 1. The lowest BCUT2D eigenvalue weighted by molar-refractivity contribution is -0.143. The predicted molar refractivity (Wildman–Crippen MR) is 116 cm³/mol. The number of aromatic nitrogens is 2. The van der Waals surface area contributed by atoms with Gasteiger partial charge in [-0.25, -0.2) is 14.2 Å². The molecule has 0 saturated carbocycles. The molecule has 0 fully saturated rings. The highest BCUT2D eigenvalue weighted by Crippen LogP contribution is 2.30. The Balaban J connectivity index is 1.45. The average Bonchev–Trinajstić information content (AvgIpc) is 3.20. The molecule has 1 aromatic carbocycles. The fraction of sp³-hybridized carbons (Fsp3) is 0.217. The zero-order chi connectivity index (χ0) is 22.7. The Morgan fingerprint density at radius 1 is 1.28 bits per heavy atom. The molecule has 0 saturated heterocycles. The van der Waals surface area contributed by atoms with Crippen molar-refractivity contribution < 1.29 is 23.5 Å². The number of benzene rings is 1. The Bertz CT molecular complexity index is 1230. The number of amides is 2. The first-order valence-corrected chi connectivity index (χ1v) is 10.1. The summed E-state index contributed by atoms with van der Waals surface area (Å²) in [7, 11) is 0. The second-order valence-electron chi connectivity index (χ2n) is 7.44. The van der Waals surface area contributed by atoms with Crippen molar-refractivity contribution in [1.82, 2.24) is 14.9 Å². The third-order valence-electron chi connectivity index (χ3n) is 5.18. The summed E-state index contributed by atoms with van der Waals surface area (Å²) in [4.78, 5) is 44.3. The minimum atomic E-state index is -0.678. The topological polar surface area (TPSA) is 104 Å². The summed E-state index contributed by atoms with van der Waals surface area (Å²) in [6.45, 7) is 2.02. The van der Waals surface area contributed by atoms with Crippen LogP contribution < -0.4 is 5.32 Å². The SMILES string of the molecule is CC(=O)C(=O)N1CC=C(c2c[nH]c3ncc(NC(=O)OCc4cccc(F)c4)cc23)CC1. The molecule has 164 valence electrons. The number of ketones is 1. The molecule has 0 radical (unpaired) electrons. The van der Waals surface area contributed by atoms with E-state index in [9.17, 15) is 18.8 Å². The van der Waals surface area contributed by atoms with Gasteiger partial charge in [-0.05, 0) is 35.8 Å². The highest BCUT2D eigenvalue weighted by Gasteiger charge is 2.22. The second kappa shape index (κ2) is 9.01. The molecular formula is C23H21FN4O4. The van der Waals surface area contributed by atoms with Crippen LogP contribution in [0.3, 0.4) is 0 Å². The van der Waals surface area contributed by atoms with Crippen LogP contribution in [0.25, 0.3) is 16.6 Å². The number of hydrogen-bond donors (Lipinski definition) is 2. The molecule has 3 aromatic rings. The van der Waals surface area contributed by atoms with E-state index in [2.05, 4.69) is 15.3 Å². The molecule has 2 N–H and O–H groups in total. The normalized spacial score (nSPS) is 13.6. The summed E-state index contributed by atoms with van der Waals surface area (Å²) in [5.74, 6) is -1.35. The third-order valence-corrected chi connectivity index (χ3v) is 5.18. The maximum atomic E-state index is 13.2. The van der Waals surface area contributed by atoms with Gasteiger partial charge in [-0.2, -0.15) is 0 Å². The van der Waals surface area contributed by atoms with Gasteiger partial charge in [0.2, 0.25) is 5.78 Å². The molecule has 0 aliphatic carbocycles. The van der Waals surface area contributed by atoms with Crippen LogP contribution in [0.4, 0.5) is 14.9 Å². The Labute approximate surface area is 183 Å². The molecule has 0 bridgehead atoms. The van der Waals surface area contributed by atoms with E-state index < -0.39 is 23.6 Å². The minimum Gasteiger partial charge on any atom is -0.444 e. The summed E-state index contributed by atoms with van der Waals surface area (Å²) >= 11 is 0. The zero-order valence-electron chi connectivity index (χ0n) is 17.4. The van der Waals surface area contributed by atoms with Gasteiger partial charge in [0.1, 0.15) is 18.1 Å². The number of carbonyl (C=O) groups is 3. The number of nitrogens with one attached hydrogen (secondary N) is 2. The molecular weight excluding hydrogens is 415 g/mol. The number of fused-ring (bicyclic) bond motifs is 1. The molecule has 0 spiro atoms. The van der Waals surface area contributed by atoms with Gasteiger partial charge in [0.15, 0.2) is 0 Å². The van der Waals surface area contributed by atoms with Crippen LogP contribution in [-0.4, -0.2) is 45.7 Å². The van der Waals surface area contributed by atoms with Gasteiger partial charge in [0.05, 0.1) is 11.9 Å². The van der Waals surface area contributed by atoms with E-state index in [0.717, 1.165) is 16.5 Å². The molecule has 4 rings (SSSR count). The number of H-pyrrole nitrogens is 1. The molecule has 2 amide bonds. The van der Waals surface area contributed by atoms with Gasteiger partial charge in [0, 0.05) is 37.2 Å². The van der Waals surface area contributed by atoms with Crippen LogP contribution in [0, 0.1) is 5.82 Å². The number of nitrogens with zero attached hydrogens (tertiary/aromatic N) is 2. The standard InChI is InChI=1S/C23H21FN4O4/c1-14(29)22(30)28-7-5-16(6-8-28)20-12-26-21-19(20)10-18(11-25-21)27-23(31)32-13-15-3-2-4-17(24)9-15/h2-5,9-12H,6-8,13H2,1H3,(H,25,26)(H,27,31). The summed E-state index contributed by atoms with van der Waals surface area (Å²) in [6, 6.07) is 7.62. The fourth-order valence-electron chi connectivity index (χ4n) is 3.59. The lowest BCUT2D eigenvalue weighted by Crippen LogP contribution is -2.38. The number of pyridine rings is 1. The fourth-order valence-corrected chi connectivity index (χ4v) is 3.59. The van der Waals surface area contributed by atoms with Crippen molar-refractivity contribution in [3.8, 4) is 0 Å². The van der Waals surface area contributed by atoms with E-state index >= 15 is 0 Å². The lowest BCUT2D eigenvalue weighted by Gasteiger charge is -2.25. The van der Waals surface area contributed by atoms with Crippen molar-refractivity contribution in [3.63, 3.8) is 0 Å². The molecule has 3 heterocycles. The van der Waals surface area contributed by atoms with Crippen LogP contribution in [0.5, 0.6) is 0 Å². The Kier molecular flexibility index (Phi) is 5.98.